The van der Waals surface area contributed by atoms with Crippen LogP contribution in [0.1, 0.15) is 12.0 Å². The van der Waals surface area contributed by atoms with Crippen molar-refractivity contribution in [3.8, 4) is 6.07 Å². The summed E-state index contributed by atoms with van der Waals surface area (Å²) in [5.74, 6) is -0.0542. The summed E-state index contributed by atoms with van der Waals surface area (Å²) in [6, 6.07) is 9.79. The Hall–Kier alpha value is -1.82. The van der Waals surface area contributed by atoms with Crippen molar-refractivity contribution < 1.29 is 4.79 Å². The first kappa shape index (κ1) is 11.3. The molecule has 0 aliphatic carbocycles. The summed E-state index contributed by atoms with van der Waals surface area (Å²) in [5, 5.41) is 8.37. The van der Waals surface area contributed by atoms with E-state index >= 15 is 0 Å². The second kappa shape index (κ2) is 5.16. The second-order valence-electron chi connectivity index (χ2n) is 3.57. The molecule has 0 N–H and O–H groups in total. The van der Waals surface area contributed by atoms with E-state index in [-0.39, 0.29) is 18.7 Å². The molecule has 1 aromatic carbocycles. The molecule has 15 heavy (non-hydrogen) atoms. The zero-order chi connectivity index (χ0) is 11.3. The Morgan fingerprint density at radius 2 is 2.27 bits per heavy atom. The predicted octanol–water partition coefficient (Wildman–Crippen LogP) is 1.91. The number of hydrogen-bond donors (Lipinski definition) is 0. The highest BCUT2D eigenvalue weighted by Gasteiger charge is 2.06. The van der Waals surface area contributed by atoms with Gasteiger partial charge in [0.2, 0.25) is 0 Å². The second-order valence-corrected chi connectivity index (χ2v) is 3.57. The van der Waals surface area contributed by atoms with Crippen LogP contribution in [0.2, 0.25) is 0 Å². The highest BCUT2D eigenvalue weighted by Crippen LogP contribution is 2.13. The van der Waals surface area contributed by atoms with Crippen LogP contribution in [0.15, 0.2) is 24.3 Å². The minimum atomic E-state index is -0.0542. The third-order valence-electron chi connectivity index (χ3n) is 2.13. The van der Waals surface area contributed by atoms with Crippen LogP contribution in [0, 0.1) is 18.3 Å². The number of carbonyl (C=O) groups excluding carboxylic acids is 1. The van der Waals surface area contributed by atoms with Crippen molar-refractivity contribution in [1.29, 1.82) is 5.26 Å². The molecule has 0 spiro atoms. The van der Waals surface area contributed by atoms with Crippen LogP contribution >= 0.6 is 0 Å². The Morgan fingerprint density at radius 1 is 1.53 bits per heavy atom. The number of nitriles is 1. The summed E-state index contributed by atoms with van der Waals surface area (Å²) in [5.41, 5.74) is 2.16. The first-order valence-electron chi connectivity index (χ1n) is 4.80. The molecule has 0 aliphatic rings. The smallest absolute Gasteiger partial charge is 0.166 e. The number of anilines is 1. The average Bonchev–Trinajstić information content (AvgIpc) is 2.18. The lowest BCUT2D eigenvalue weighted by atomic mass is 10.2. The molecule has 0 amide bonds. The first-order valence-corrected chi connectivity index (χ1v) is 4.80. The number of likely N-dealkylation sites (N-methyl/N-ethyl adjacent to an activating group) is 1. The summed E-state index contributed by atoms with van der Waals surface area (Å²) in [7, 11) is 1.85. The van der Waals surface area contributed by atoms with Gasteiger partial charge in [0.25, 0.3) is 0 Å². The van der Waals surface area contributed by atoms with Crippen LogP contribution in [-0.4, -0.2) is 19.4 Å². The lowest BCUT2D eigenvalue weighted by Crippen LogP contribution is -2.25. The van der Waals surface area contributed by atoms with Crippen molar-refractivity contribution >= 4 is 11.5 Å². The van der Waals surface area contributed by atoms with Crippen LogP contribution in [0.5, 0.6) is 0 Å². The fourth-order valence-electron chi connectivity index (χ4n) is 1.37. The van der Waals surface area contributed by atoms with Crippen molar-refractivity contribution in [2.45, 2.75) is 13.3 Å². The van der Waals surface area contributed by atoms with Crippen molar-refractivity contribution in [2.75, 3.05) is 18.5 Å². The first-order chi connectivity index (χ1) is 7.13. The summed E-state index contributed by atoms with van der Waals surface area (Å²) in [6.07, 6.45) is -0.0177. The van der Waals surface area contributed by atoms with Gasteiger partial charge in [-0.3, -0.25) is 4.79 Å². The number of rotatable bonds is 4. The minimum Gasteiger partial charge on any atom is -0.367 e. The topological polar surface area (TPSA) is 44.1 Å². The van der Waals surface area contributed by atoms with Gasteiger partial charge in [-0.05, 0) is 24.6 Å². The molecule has 3 heteroatoms. The van der Waals surface area contributed by atoms with E-state index in [0.29, 0.717) is 0 Å². The van der Waals surface area contributed by atoms with Crippen molar-refractivity contribution in [2.24, 2.45) is 0 Å². The number of nitrogens with zero attached hydrogens (tertiary/aromatic N) is 2. The molecule has 1 rings (SSSR count). The molecular formula is C12H14N2O. The normalized spacial score (nSPS) is 9.40. The zero-order valence-corrected chi connectivity index (χ0v) is 9.03. The van der Waals surface area contributed by atoms with E-state index in [0.717, 1.165) is 11.3 Å². The van der Waals surface area contributed by atoms with E-state index in [1.165, 1.54) is 0 Å². The lowest BCUT2D eigenvalue weighted by Gasteiger charge is -2.18. The van der Waals surface area contributed by atoms with E-state index in [2.05, 4.69) is 0 Å². The molecule has 0 aromatic heterocycles. The molecule has 0 unspecified atom stereocenters. The van der Waals surface area contributed by atoms with Crippen LogP contribution in [-0.2, 0) is 4.79 Å². The molecule has 0 atom stereocenters. The highest BCUT2D eigenvalue weighted by atomic mass is 16.1. The van der Waals surface area contributed by atoms with E-state index in [1.54, 1.807) is 0 Å². The monoisotopic (exact) mass is 202 g/mol. The molecule has 0 fully saturated rings. The molecule has 0 radical (unpaired) electrons. The molecule has 3 nitrogen and oxygen atoms in total. The summed E-state index contributed by atoms with van der Waals surface area (Å²) < 4.78 is 0. The SMILES string of the molecule is Cc1cccc(N(C)CC(=O)CC#N)c1. The Bertz CT molecular complexity index is 393. The predicted molar refractivity (Wildman–Crippen MR) is 59.7 cm³/mol. The van der Waals surface area contributed by atoms with E-state index in [4.69, 9.17) is 5.26 Å². The van der Waals surface area contributed by atoms with E-state index in [9.17, 15) is 4.79 Å². The molecule has 0 heterocycles. The van der Waals surface area contributed by atoms with Gasteiger partial charge in [0.1, 0.15) is 0 Å². The standard InChI is InChI=1S/C12H14N2O/c1-10-4-3-5-11(8-10)14(2)9-12(15)6-7-13/h3-5,8H,6,9H2,1-2H3. The molecule has 0 bridgehead atoms. The maximum Gasteiger partial charge on any atom is 0.166 e. The maximum absolute atomic E-state index is 11.2. The largest absolute Gasteiger partial charge is 0.367 e. The Kier molecular flexibility index (Phi) is 3.87. The third kappa shape index (κ3) is 3.43. The van der Waals surface area contributed by atoms with Crippen LogP contribution in [0.25, 0.3) is 0 Å². The minimum absolute atomic E-state index is 0.0177. The molecule has 0 saturated heterocycles. The van der Waals surface area contributed by atoms with Gasteiger partial charge in [0.05, 0.1) is 19.0 Å². The number of Topliss-reactive ketones (excluding diaryl/α,β-unsaturated/α-hetero) is 1. The van der Waals surface area contributed by atoms with Gasteiger partial charge < -0.3 is 4.90 Å². The van der Waals surface area contributed by atoms with Crippen molar-refractivity contribution in [3.05, 3.63) is 29.8 Å². The summed E-state index contributed by atoms with van der Waals surface area (Å²) >= 11 is 0. The quantitative estimate of drug-likeness (QED) is 0.749. The molecule has 78 valence electrons. The Morgan fingerprint density at radius 3 is 2.87 bits per heavy atom. The van der Waals surface area contributed by atoms with E-state index < -0.39 is 0 Å². The number of hydrogen-bond acceptors (Lipinski definition) is 3. The number of ketones is 1. The van der Waals surface area contributed by atoms with Crippen LogP contribution in [0.3, 0.4) is 0 Å². The van der Waals surface area contributed by atoms with Gasteiger partial charge in [-0.15, -0.1) is 0 Å². The van der Waals surface area contributed by atoms with Crippen molar-refractivity contribution in [3.63, 3.8) is 0 Å². The molecule has 0 aliphatic heterocycles. The average molecular weight is 202 g/mol. The maximum atomic E-state index is 11.2. The van der Waals surface area contributed by atoms with Gasteiger partial charge in [-0.2, -0.15) is 5.26 Å². The number of aryl methyl sites for hydroxylation is 1. The van der Waals surface area contributed by atoms with Crippen LogP contribution in [0.4, 0.5) is 5.69 Å². The number of carbonyl (C=O) groups is 1. The zero-order valence-electron chi connectivity index (χ0n) is 9.03. The van der Waals surface area contributed by atoms with Gasteiger partial charge in [0, 0.05) is 12.7 Å². The van der Waals surface area contributed by atoms with Gasteiger partial charge >= 0.3 is 0 Å². The molecule has 1 aromatic rings. The van der Waals surface area contributed by atoms with Crippen molar-refractivity contribution in [1.82, 2.24) is 0 Å². The summed E-state index contributed by atoms with van der Waals surface area (Å²) in [6.45, 7) is 2.30. The fraction of sp³-hybridized carbons (Fsp3) is 0.333. The Balaban J connectivity index is 2.65. The third-order valence-corrected chi connectivity index (χ3v) is 2.13. The fourth-order valence-corrected chi connectivity index (χ4v) is 1.37. The molecular weight excluding hydrogens is 188 g/mol. The van der Waals surface area contributed by atoms with Gasteiger partial charge in [0.15, 0.2) is 5.78 Å². The Labute approximate surface area is 89.9 Å². The summed E-state index contributed by atoms with van der Waals surface area (Å²) in [4.78, 5) is 13.1. The van der Waals surface area contributed by atoms with Crippen LogP contribution < -0.4 is 4.90 Å². The number of benzene rings is 1. The van der Waals surface area contributed by atoms with Gasteiger partial charge in [-0.25, -0.2) is 0 Å². The van der Waals surface area contributed by atoms with Gasteiger partial charge in [-0.1, -0.05) is 12.1 Å². The lowest BCUT2D eigenvalue weighted by molar-refractivity contribution is -0.116. The highest BCUT2D eigenvalue weighted by molar-refractivity contribution is 5.85. The molecule has 0 saturated carbocycles. The van der Waals surface area contributed by atoms with E-state index in [1.807, 2.05) is 49.2 Å².